The highest BCUT2D eigenvalue weighted by atomic mass is 32.2. The van der Waals surface area contributed by atoms with Crippen molar-refractivity contribution in [2.75, 3.05) is 0 Å². The van der Waals surface area contributed by atoms with Crippen LogP contribution in [0.2, 0.25) is 0 Å². The van der Waals surface area contributed by atoms with Gasteiger partial charge in [-0.05, 0) is 0 Å². The second-order valence-electron chi connectivity index (χ2n) is 2.39. The maximum atomic E-state index is 10.7. The number of nitrogens with one attached hydrogen (secondary N) is 1. The van der Waals surface area contributed by atoms with Crippen molar-refractivity contribution in [2.45, 2.75) is 11.4 Å². The number of carbonyl (C=O) groups is 1. The molecule has 0 bridgehead atoms. The summed E-state index contributed by atoms with van der Waals surface area (Å²) in [6.07, 6.45) is 7.16. The molecule has 0 spiro atoms. The molecule has 1 heterocycles. The van der Waals surface area contributed by atoms with Gasteiger partial charge in [0.25, 0.3) is 0 Å². The summed E-state index contributed by atoms with van der Waals surface area (Å²) in [6.45, 7) is 0.110. The van der Waals surface area contributed by atoms with Crippen molar-refractivity contribution in [1.29, 1.82) is 0 Å². The van der Waals surface area contributed by atoms with Crippen LogP contribution >= 0.6 is 11.8 Å². The molecule has 0 aliphatic heterocycles. The smallest absolute Gasteiger partial charge is 0.288 e. The lowest BCUT2D eigenvalue weighted by molar-refractivity contribution is -0.685. The third kappa shape index (κ3) is 3.04. The zero-order chi connectivity index (χ0) is 9.68. The lowest BCUT2D eigenvalue weighted by atomic mass is 10.4. The van der Waals surface area contributed by atoms with Gasteiger partial charge in [0.05, 0.1) is 0 Å². The Bertz CT molecular complexity index is 287. The summed E-state index contributed by atoms with van der Waals surface area (Å²) in [5.74, 6) is -0.444. The van der Waals surface area contributed by atoms with Crippen molar-refractivity contribution in [1.82, 2.24) is 5.48 Å². The summed E-state index contributed by atoms with van der Waals surface area (Å²) < 4.78 is 1.66. The maximum absolute atomic E-state index is 10.7. The van der Waals surface area contributed by atoms with Gasteiger partial charge in [0.15, 0.2) is 12.4 Å². The van der Waals surface area contributed by atoms with Crippen LogP contribution in [0, 0.1) is 6.26 Å². The van der Waals surface area contributed by atoms with Crippen LogP contribution < -0.4 is 10.0 Å². The maximum Gasteiger partial charge on any atom is 0.309 e. The number of hydrogen-bond acceptors (Lipinski definition) is 3. The van der Waals surface area contributed by atoms with Gasteiger partial charge in [-0.2, -0.15) is 4.57 Å². The molecular weight excluding hydrogens is 188 g/mol. The van der Waals surface area contributed by atoms with Crippen molar-refractivity contribution in [3.05, 3.63) is 30.8 Å². The molecule has 0 saturated heterocycles. The molecule has 1 radical (unpaired) electrons. The summed E-state index contributed by atoms with van der Waals surface area (Å²) in [7, 11) is 0. The minimum absolute atomic E-state index is 0.110. The highest BCUT2D eigenvalue weighted by molar-refractivity contribution is 8.00. The van der Waals surface area contributed by atoms with E-state index in [1.807, 2.05) is 12.1 Å². The number of aromatic nitrogens is 1. The average molecular weight is 198 g/mol. The minimum atomic E-state index is -0.444. The molecule has 0 aliphatic rings. The molecule has 0 unspecified atom stereocenters. The number of pyridine rings is 1. The average Bonchev–Trinajstić information content (AvgIpc) is 2.19. The van der Waals surface area contributed by atoms with E-state index in [-0.39, 0.29) is 6.54 Å². The number of hydrogen-bond donors (Lipinski definition) is 2. The van der Waals surface area contributed by atoms with Gasteiger partial charge in [0.1, 0.15) is 0 Å². The predicted molar refractivity (Wildman–Crippen MR) is 47.8 cm³/mol. The Balaban J connectivity index is 2.64. The van der Waals surface area contributed by atoms with Crippen molar-refractivity contribution >= 4 is 17.7 Å². The van der Waals surface area contributed by atoms with Crippen LogP contribution in [-0.2, 0) is 11.3 Å². The third-order valence-corrected chi connectivity index (χ3v) is 2.08. The standard InChI is InChI=1S/C8H9N2O2S/c1-13-7-2-4-10(5-3-7)6-8(11)9-12/h2-5H,1,6H2,(H-,9,11,12)/p+1. The van der Waals surface area contributed by atoms with E-state index >= 15 is 0 Å². The normalized spacial score (nSPS) is 9.69. The molecule has 4 nitrogen and oxygen atoms in total. The first-order chi connectivity index (χ1) is 6.26. The second-order valence-corrected chi connectivity index (χ2v) is 3.15. The SMILES string of the molecule is [CH2]Sc1cc[n+](CC(=O)NO)cc1. The van der Waals surface area contributed by atoms with Crippen LogP contribution in [0.15, 0.2) is 29.4 Å². The van der Waals surface area contributed by atoms with Crippen LogP contribution in [0.5, 0.6) is 0 Å². The molecule has 5 heteroatoms. The van der Waals surface area contributed by atoms with Gasteiger partial charge in [0.2, 0.25) is 6.54 Å². The molecule has 13 heavy (non-hydrogen) atoms. The fraction of sp³-hybridized carbons (Fsp3) is 0.125. The summed E-state index contributed by atoms with van der Waals surface area (Å²) in [6, 6.07) is 3.70. The van der Waals surface area contributed by atoms with Gasteiger partial charge in [-0.25, -0.2) is 5.48 Å². The molecule has 0 atom stereocenters. The summed E-state index contributed by atoms with van der Waals surface area (Å²) >= 11 is 1.39. The molecule has 0 aliphatic carbocycles. The summed E-state index contributed by atoms with van der Waals surface area (Å²) in [4.78, 5) is 11.8. The molecule has 69 valence electrons. The van der Waals surface area contributed by atoms with Crippen LogP contribution in [0.1, 0.15) is 0 Å². The van der Waals surface area contributed by atoms with E-state index in [1.165, 1.54) is 11.8 Å². The number of nitrogens with zero attached hydrogens (tertiary/aromatic N) is 1. The Kier molecular flexibility index (Phi) is 3.72. The van der Waals surface area contributed by atoms with Gasteiger partial charge >= 0.3 is 5.91 Å². The van der Waals surface area contributed by atoms with Gasteiger partial charge in [-0.3, -0.25) is 10.0 Å². The highest BCUT2D eigenvalue weighted by Gasteiger charge is 2.06. The van der Waals surface area contributed by atoms with E-state index in [0.717, 1.165) is 4.90 Å². The van der Waals surface area contributed by atoms with Crippen molar-refractivity contribution in [3.8, 4) is 0 Å². The van der Waals surface area contributed by atoms with Gasteiger partial charge in [0, 0.05) is 23.3 Å². The Morgan fingerprint density at radius 1 is 1.62 bits per heavy atom. The molecule has 2 N–H and O–H groups in total. The van der Waals surface area contributed by atoms with Gasteiger partial charge in [-0.15, -0.1) is 11.8 Å². The minimum Gasteiger partial charge on any atom is -0.288 e. The number of hydroxylamine groups is 1. The molecule has 1 amide bonds. The first kappa shape index (κ1) is 10.0. The molecule has 0 fully saturated rings. The molecular formula is C8H10N2O2S+. The fourth-order valence-electron chi connectivity index (χ4n) is 0.846. The molecule has 0 saturated carbocycles. The van der Waals surface area contributed by atoms with Gasteiger partial charge < -0.3 is 0 Å². The van der Waals surface area contributed by atoms with E-state index in [1.54, 1.807) is 22.4 Å². The Morgan fingerprint density at radius 2 is 2.23 bits per heavy atom. The summed E-state index contributed by atoms with van der Waals surface area (Å²) in [5, 5.41) is 8.27. The van der Waals surface area contributed by atoms with E-state index in [2.05, 4.69) is 6.26 Å². The number of carbonyl (C=O) groups excluding carboxylic acids is 1. The lowest BCUT2D eigenvalue weighted by Gasteiger charge is -1.96. The van der Waals surface area contributed by atoms with Crippen molar-refractivity contribution < 1.29 is 14.6 Å². The first-order valence-electron chi connectivity index (χ1n) is 3.60. The Hall–Kier alpha value is -1.07. The van der Waals surface area contributed by atoms with Crippen molar-refractivity contribution in [2.24, 2.45) is 0 Å². The quantitative estimate of drug-likeness (QED) is 0.319. The lowest BCUT2D eigenvalue weighted by Crippen LogP contribution is -2.41. The fourth-order valence-corrected chi connectivity index (χ4v) is 1.16. The van der Waals surface area contributed by atoms with Gasteiger partial charge in [-0.1, -0.05) is 0 Å². The number of rotatable bonds is 3. The monoisotopic (exact) mass is 198 g/mol. The number of thioether (sulfide) groups is 1. The Morgan fingerprint density at radius 3 is 2.69 bits per heavy atom. The van der Waals surface area contributed by atoms with Crippen LogP contribution in [0.4, 0.5) is 0 Å². The van der Waals surface area contributed by atoms with E-state index in [0.29, 0.717) is 0 Å². The topological polar surface area (TPSA) is 53.2 Å². The molecule has 0 aromatic carbocycles. The van der Waals surface area contributed by atoms with E-state index in [9.17, 15) is 4.79 Å². The van der Waals surface area contributed by atoms with E-state index < -0.39 is 5.91 Å². The Labute approximate surface area is 80.5 Å². The molecule has 1 rings (SSSR count). The molecule has 1 aromatic heterocycles. The first-order valence-corrected chi connectivity index (χ1v) is 4.59. The van der Waals surface area contributed by atoms with Crippen molar-refractivity contribution in [3.63, 3.8) is 0 Å². The van der Waals surface area contributed by atoms with Crippen LogP contribution in [-0.4, -0.2) is 11.1 Å². The highest BCUT2D eigenvalue weighted by Crippen LogP contribution is 2.12. The second kappa shape index (κ2) is 4.84. The zero-order valence-corrected chi connectivity index (χ0v) is 7.75. The third-order valence-electron chi connectivity index (χ3n) is 1.48. The number of amides is 1. The van der Waals surface area contributed by atoms with Crippen LogP contribution in [0.25, 0.3) is 0 Å². The largest absolute Gasteiger partial charge is 0.309 e. The van der Waals surface area contributed by atoms with E-state index in [4.69, 9.17) is 5.21 Å². The molecule has 1 aromatic rings. The summed E-state index contributed by atoms with van der Waals surface area (Å²) in [5.41, 5.74) is 1.56. The van der Waals surface area contributed by atoms with Crippen LogP contribution in [0.3, 0.4) is 0 Å². The zero-order valence-electron chi connectivity index (χ0n) is 6.93. The predicted octanol–water partition coefficient (Wildman–Crippen LogP) is 0.363.